The molecule has 112 valence electrons. The van der Waals surface area contributed by atoms with Crippen molar-refractivity contribution in [1.29, 1.82) is 0 Å². The van der Waals surface area contributed by atoms with Gasteiger partial charge in [0.1, 0.15) is 0 Å². The summed E-state index contributed by atoms with van der Waals surface area (Å²) in [5, 5.41) is 0. The van der Waals surface area contributed by atoms with Crippen molar-refractivity contribution in [2.45, 2.75) is 45.2 Å². The van der Waals surface area contributed by atoms with Crippen molar-refractivity contribution >= 4 is 5.91 Å². The number of hydrogen-bond donors (Lipinski definition) is 1. The minimum atomic E-state index is 0.0263. The van der Waals surface area contributed by atoms with E-state index in [0.29, 0.717) is 11.9 Å². The zero-order valence-electron chi connectivity index (χ0n) is 12.3. The van der Waals surface area contributed by atoms with Crippen LogP contribution in [0.25, 0.3) is 0 Å². The summed E-state index contributed by atoms with van der Waals surface area (Å²) >= 11 is 0. The van der Waals surface area contributed by atoms with E-state index in [-0.39, 0.29) is 5.91 Å². The predicted octanol–water partition coefficient (Wildman–Crippen LogP) is 2.00. The molecule has 0 unspecified atom stereocenters. The van der Waals surface area contributed by atoms with Gasteiger partial charge in [-0.3, -0.25) is 4.79 Å². The third kappa shape index (κ3) is 3.15. The Balaban J connectivity index is 1.67. The van der Waals surface area contributed by atoms with Crippen LogP contribution in [0.1, 0.15) is 42.0 Å². The van der Waals surface area contributed by atoms with Gasteiger partial charge in [0.15, 0.2) is 5.82 Å². The molecule has 6 nitrogen and oxygen atoms in total. The lowest BCUT2D eigenvalue weighted by molar-refractivity contribution is 0.0584. The first-order valence-electron chi connectivity index (χ1n) is 7.52. The van der Waals surface area contributed by atoms with Gasteiger partial charge in [0.05, 0.1) is 6.33 Å². The molecule has 0 aliphatic carbocycles. The Kier molecular flexibility index (Phi) is 4.03. The highest BCUT2D eigenvalue weighted by atomic mass is 16.2. The summed E-state index contributed by atoms with van der Waals surface area (Å²) in [7, 11) is 0. The fourth-order valence-corrected chi connectivity index (χ4v) is 2.94. The van der Waals surface area contributed by atoms with Gasteiger partial charge in [-0.15, -0.1) is 0 Å². The highest BCUT2D eigenvalue weighted by Crippen LogP contribution is 2.22. The number of nitrogens with one attached hydrogen (secondary N) is 1. The highest BCUT2D eigenvalue weighted by molar-refractivity contribution is 5.90. The molecule has 3 rings (SSSR count). The number of likely N-dealkylation sites (tertiary alicyclic amines) is 1. The number of rotatable bonds is 4. The summed E-state index contributed by atoms with van der Waals surface area (Å²) in [6, 6.07) is 0.291. The summed E-state index contributed by atoms with van der Waals surface area (Å²) in [5.74, 6) is 0.487. The number of aromatic nitrogens is 4. The van der Waals surface area contributed by atoms with Crippen LogP contribution < -0.4 is 0 Å². The molecule has 1 N–H and O–H groups in total. The molecule has 1 saturated heterocycles. The van der Waals surface area contributed by atoms with E-state index in [2.05, 4.69) is 19.5 Å². The molecule has 0 spiro atoms. The van der Waals surface area contributed by atoms with Crippen molar-refractivity contribution in [2.24, 2.45) is 0 Å². The second-order valence-electron chi connectivity index (χ2n) is 5.65. The first kappa shape index (κ1) is 13.9. The highest BCUT2D eigenvalue weighted by Gasteiger charge is 2.28. The smallest absolute Gasteiger partial charge is 0.289 e. The fraction of sp³-hybridized carbons (Fsp3) is 0.533. The number of piperidine rings is 1. The SMILES string of the molecule is Cc1cnc(C(=O)N2CCCC[C@@H]2CCn2ccnc2)[nH]1. The number of aryl methyl sites for hydroxylation is 2. The quantitative estimate of drug-likeness (QED) is 0.935. The van der Waals surface area contributed by atoms with E-state index in [0.717, 1.165) is 38.0 Å². The lowest BCUT2D eigenvalue weighted by Crippen LogP contribution is -2.44. The van der Waals surface area contributed by atoms with E-state index in [1.165, 1.54) is 6.42 Å². The Morgan fingerprint density at radius 3 is 3.10 bits per heavy atom. The number of hydrogen-bond acceptors (Lipinski definition) is 3. The molecule has 21 heavy (non-hydrogen) atoms. The monoisotopic (exact) mass is 287 g/mol. The lowest BCUT2D eigenvalue weighted by atomic mass is 9.99. The number of carbonyl (C=O) groups excluding carboxylic acids is 1. The van der Waals surface area contributed by atoms with Crippen LogP contribution in [-0.2, 0) is 6.54 Å². The number of aromatic amines is 1. The number of imidazole rings is 2. The largest absolute Gasteiger partial charge is 0.338 e. The first-order chi connectivity index (χ1) is 10.2. The van der Waals surface area contributed by atoms with E-state index in [1.807, 2.05) is 24.3 Å². The Morgan fingerprint density at radius 1 is 1.48 bits per heavy atom. The molecular formula is C15H21N5O. The first-order valence-corrected chi connectivity index (χ1v) is 7.52. The van der Waals surface area contributed by atoms with E-state index < -0.39 is 0 Å². The minimum absolute atomic E-state index is 0.0263. The van der Waals surface area contributed by atoms with E-state index in [1.54, 1.807) is 12.4 Å². The topological polar surface area (TPSA) is 66.8 Å². The summed E-state index contributed by atoms with van der Waals surface area (Å²) in [6.45, 7) is 3.63. The van der Waals surface area contributed by atoms with Gasteiger partial charge in [-0.2, -0.15) is 0 Å². The summed E-state index contributed by atoms with van der Waals surface area (Å²) < 4.78 is 2.06. The Bertz CT molecular complexity index is 589. The maximum absolute atomic E-state index is 12.6. The van der Waals surface area contributed by atoms with Gasteiger partial charge in [-0.1, -0.05) is 0 Å². The zero-order valence-corrected chi connectivity index (χ0v) is 12.3. The van der Waals surface area contributed by atoms with E-state index in [4.69, 9.17) is 0 Å². The van der Waals surface area contributed by atoms with Crippen LogP contribution in [0.4, 0.5) is 0 Å². The van der Waals surface area contributed by atoms with Crippen LogP contribution in [0.3, 0.4) is 0 Å². The Labute approximate surface area is 124 Å². The molecule has 2 aromatic rings. The third-order valence-electron chi connectivity index (χ3n) is 4.07. The summed E-state index contributed by atoms with van der Waals surface area (Å²) in [5.41, 5.74) is 0.922. The standard InChI is InChI=1S/C15H21N5O/c1-12-10-17-14(18-12)15(21)20-7-3-2-4-13(20)5-8-19-9-6-16-11-19/h6,9-11,13H,2-5,7-8H2,1H3,(H,17,18)/t13-/m1/s1. The van der Waals surface area contributed by atoms with Crippen LogP contribution in [0.2, 0.25) is 0 Å². The maximum Gasteiger partial charge on any atom is 0.289 e. The molecule has 0 bridgehead atoms. The van der Waals surface area contributed by atoms with Crippen LogP contribution in [0.15, 0.2) is 24.9 Å². The Hall–Kier alpha value is -2.11. The van der Waals surface area contributed by atoms with Crippen molar-refractivity contribution in [1.82, 2.24) is 24.4 Å². The molecule has 1 fully saturated rings. The fourth-order valence-electron chi connectivity index (χ4n) is 2.94. The number of carbonyl (C=O) groups is 1. The molecule has 1 aliphatic rings. The van der Waals surface area contributed by atoms with Gasteiger partial charge in [-0.25, -0.2) is 9.97 Å². The zero-order chi connectivity index (χ0) is 14.7. The second kappa shape index (κ2) is 6.11. The average molecular weight is 287 g/mol. The molecule has 6 heteroatoms. The summed E-state index contributed by atoms with van der Waals surface area (Å²) in [6.07, 6.45) is 11.6. The third-order valence-corrected chi connectivity index (χ3v) is 4.07. The van der Waals surface area contributed by atoms with Crippen molar-refractivity contribution in [3.8, 4) is 0 Å². The van der Waals surface area contributed by atoms with Crippen molar-refractivity contribution in [2.75, 3.05) is 6.54 Å². The second-order valence-corrected chi connectivity index (χ2v) is 5.65. The summed E-state index contributed by atoms with van der Waals surface area (Å²) in [4.78, 5) is 25.9. The number of H-pyrrole nitrogens is 1. The number of nitrogens with zero attached hydrogens (tertiary/aromatic N) is 4. The van der Waals surface area contributed by atoms with Gasteiger partial charge >= 0.3 is 0 Å². The van der Waals surface area contributed by atoms with Crippen LogP contribution in [-0.4, -0.2) is 42.9 Å². The molecular weight excluding hydrogens is 266 g/mol. The molecule has 0 saturated carbocycles. The normalized spacial score (nSPS) is 18.9. The van der Waals surface area contributed by atoms with Gasteiger partial charge in [0, 0.05) is 43.4 Å². The van der Waals surface area contributed by atoms with Gasteiger partial charge in [0.2, 0.25) is 0 Å². The maximum atomic E-state index is 12.6. The lowest BCUT2D eigenvalue weighted by Gasteiger charge is -2.35. The van der Waals surface area contributed by atoms with E-state index in [9.17, 15) is 4.79 Å². The van der Waals surface area contributed by atoms with Crippen LogP contribution in [0.5, 0.6) is 0 Å². The average Bonchev–Trinajstić information content (AvgIpc) is 3.16. The predicted molar refractivity (Wildman–Crippen MR) is 78.8 cm³/mol. The molecule has 3 heterocycles. The Morgan fingerprint density at radius 2 is 2.38 bits per heavy atom. The number of amides is 1. The molecule has 0 radical (unpaired) electrons. The van der Waals surface area contributed by atoms with Crippen molar-refractivity contribution in [3.63, 3.8) is 0 Å². The van der Waals surface area contributed by atoms with E-state index >= 15 is 0 Å². The van der Waals surface area contributed by atoms with Gasteiger partial charge in [-0.05, 0) is 32.6 Å². The van der Waals surface area contributed by atoms with Crippen molar-refractivity contribution < 1.29 is 4.79 Å². The molecule has 2 aromatic heterocycles. The van der Waals surface area contributed by atoms with Crippen LogP contribution >= 0.6 is 0 Å². The minimum Gasteiger partial charge on any atom is -0.338 e. The van der Waals surface area contributed by atoms with Crippen LogP contribution in [0, 0.1) is 6.92 Å². The molecule has 0 aromatic carbocycles. The molecule has 1 amide bonds. The van der Waals surface area contributed by atoms with Crippen molar-refractivity contribution in [3.05, 3.63) is 36.4 Å². The molecule has 1 atom stereocenters. The molecule has 1 aliphatic heterocycles. The van der Waals surface area contributed by atoms with Gasteiger partial charge in [0.25, 0.3) is 5.91 Å². The van der Waals surface area contributed by atoms with Gasteiger partial charge < -0.3 is 14.5 Å².